The summed E-state index contributed by atoms with van der Waals surface area (Å²) < 4.78 is 10.5. The van der Waals surface area contributed by atoms with Crippen molar-refractivity contribution in [1.29, 1.82) is 0 Å². The molecule has 1 aromatic rings. The van der Waals surface area contributed by atoms with E-state index >= 15 is 0 Å². The third-order valence-corrected chi connectivity index (χ3v) is 5.82. The van der Waals surface area contributed by atoms with Crippen molar-refractivity contribution >= 4 is 11.8 Å². The molecule has 0 saturated heterocycles. The van der Waals surface area contributed by atoms with E-state index in [-0.39, 0.29) is 30.7 Å². The number of hydrogen-bond donors (Lipinski definition) is 2. The Hall–Kier alpha value is -2.24. The first kappa shape index (κ1) is 22.1. The van der Waals surface area contributed by atoms with Crippen LogP contribution in [0.25, 0.3) is 0 Å². The zero-order valence-electron chi connectivity index (χ0n) is 17.5. The lowest BCUT2D eigenvalue weighted by Crippen LogP contribution is -2.43. The smallest absolute Gasteiger partial charge is 0.220 e. The standard InChI is InChI=1S/C22H34N2O4/c1-15-6-5-7-18(16(15)2)24-22(26)11-10-21(25)23-13-12-17-8-9-19(27-3)20(14-17)28-4/h8-9,14-16,18H,5-7,10-13H2,1-4H3,(H,23,25)(H,24,26)/t15-,16+,18+/m0/s1. The second-order valence-corrected chi connectivity index (χ2v) is 7.73. The van der Waals surface area contributed by atoms with E-state index in [1.807, 2.05) is 18.2 Å². The molecule has 1 fully saturated rings. The predicted molar refractivity (Wildman–Crippen MR) is 110 cm³/mol. The molecule has 0 aromatic heterocycles. The van der Waals surface area contributed by atoms with Crippen molar-refractivity contribution in [2.24, 2.45) is 11.8 Å². The van der Waals surface area contributed by atoms with Gasteiger partial charge >= 0.3 is 0 Å². The van der Waals surface area contributed by atoms with Gasteiger partial charge in [0.2, 0.25) is 11.8 Å². The number of benzene rings is 1. The van der Waals surface area contributed by atoms with Gasteiger partial charge in [-0.15, -0.1) is 0 Å². The maximum atomic E-state index is 12.2. The molecule has 156 valence electrons. The summed E-state index contributed by atoms with van der Waals surface area (Å²) in [5.41, 5.74) is 1.05. The van der Waals surface area contributed by atoms with E-state index < -0.39 is 0 Å². The molecule has 3 atom stereocenters. The van der Waals surface area contributed by atoms with Gasteiger partial charge in [0, 0.05) is 25.4 Å². The maximum absolute atomic E-state index is 12.2. The maximum Gasteiger partial charge on any atom is 0.220 e. The molecule has 1 aliphatic carbocycles. The first-order valence-electron chi connectivity index (χ1n) is 10.2. The largest absolute Gasteiger partial charge is 0.493 e. The van der Waals surface area contributed by atoms with Gasteiger partial charge in [-0.05, 0) is 42.4 Å². The van der Waals surface area contributed by atoms with Crippen molar-refractivity contribution in [3.05, 3.63) is 23.8 Å². The summed E-state index contributed by atoms with van der Waals surface area (Å²) in [6, 6.07) is 5.95. The molecule has 0 radical (unpaired) electrons. The van der Waals surface area contributed by atoms with Gasteiger partial charge in [0.1, 0.15) is 0 Å². The first-order valence-corrected chi connectivity index (χ1v) is 10.2. The van der Waals surface area contributed by atoms with Crippen LogP contribution >= 0.6 is 0 Å². The van der Waals surface area contributed by atoms with Crippen molar-refractivity contribution < 1.29 is 19.1 Å². The molecule has 0 spiro atoms. The highest BCUT2D eigenvalue weighted by molar-refractivity contribution is 5.83. The normalized spacial score (nSPS) is 21.6. The predicted octanol–water partition coefficient (Wildman–Crippen LogP) is 3.08. The Morgan fingerprint density at radius 3 is 2.46 bits per heavy atom. The number of rotatable bonds is 9. The van der Waals surface area contributed by atoms with Crippen LogP contribution in [0.5, 0.6) is 11.5 Å². The number of carbonyl (C=O) groups is 2. The average Bonchev–Trinajstić information content (AvgIpc) is 2.69. The van der Waals surface area contributed by atoms with E-state index in [1.165, 1.54) is 6.42 Å². The van der Waals surface area contributed by atoms with E-state index in [2.05, 4.69) is 24.5 Å². The molecule has 6 nitrogen and oxygen atoms in total. The van der Waals surface area contributed by atoms with Crippen LogP contribution in [0.1, 0.15) is 51.5 Å². The van der Waals surface area contributed by atoms with Crippen LogP contribution in [-0.2, 0) is 16.0 Å². The van der Waals surface area contributed by atoms with Crippen LogP contribution in [0.3, 0.4) is 0 Å². The Kier molecular flexibility index (Phi) is 8.61. The highest BCUT2D eigenvalue weighted by atomic mass is 16.5. The van der Waals surface area contributed by atoms with Gasteiger partial charge in [-0.25, -0.2) is 0 Å². The summed E-state index contributed by atoms with van der Waals surface area (Å²) in [4.78, 5) is 24.2. The van der Waals surface area contributed by atoms with Gasteiger partial charge in [-0.2, -0.15) is 0 Å². The topological polar surface area (TPSA) is 76.7 Å². The van der Waals surface area contributed by atoms with E-state index in [1.54, 1.807) is 14.2 Å². The van der Waals surface area contributed by atoms with Crippen molar-refractivity contribution in [2.75, 3.05) is 20.8 Å². The van der Waals surface area contributed by atoms with Crippen LogP contribution in [0.15, 0.2) is 18.2 Å². The molecule has 6 heteroatoms. The molecule has 2 N–H and O–H groups in total. The number of ether oxygens (including phenoxy) is 2. The molecule has 0 bridgehead atoms. The molecular weight excluding hydrogens is 356 g/mol. The van der Waals surface area contributed by atoms with Gasteiger partial charge in [0.05, 0.1) is 14.2 Å². The molecule has 0 unspecified atom stereocenters. The Morgan fingerprint density at radius 1 is 1.04 bits per heavy atom. The zero-order valence-corrected chi connectivity index (χ0v) is 17.5. The molecule has 0 heterocycles. The summed E-state index contributed by atoms with van der Waals surface area (Å²) in [6.45, 7) is 4.97. The molecule has 2 rings (SSSR count). The van der Waals surface area contributed by atoms with Crippen molar-refractivity contribution in [3.8, 4) is 11.5 Å². The molecule has 28 heavy (non-hydrogen) atoms. The fourth-order valence-electron chi connectivity index (χ4n) is 3.76. The third-order valence-electron chi connectivity index (χ3n) is 5.82. The lowest BCUT2D eigenvalue weighted by molar-refractivity contribution is -0.127. The fraction of sp³-hybridized carbons (Fsp3) is 0.636. The number of carbonyl (C=O) groups excluding carboxylic acids is 2. The van der Waals surface area contributed by atoms with E-state index in [4.69, 9.17) is 9.47 Å². The minimum atomic E-state index is -0.0966. The minimum absolute atomic E-state index is 0.0269. The molecule has 1 aliphatic rings. The van der Waals surface area contributed by atoms with Crippen LogP contribution < -0.4 is 20.1 Å². The van der Waals surface area contributed by atoms with Gasteiger partial charge in [-0.1, -0.05) is 32.8 Å². The summed E-state index contributed by atoms with van der Waals surface area (Å²) in [6.07, 6.45) is 4.57. The second kappa shape index (κ2) is 10.9. The average molecular weight is 391 g/mol. The summed E-state index contributed by atoms with van der Waals surface area (Å²) >= 11 is 0. The summed E-state index contributed by atoms with van der Waals surface area (Å²) in [5.74, 6) is 2.37. The molecule has 1 saturated carbocycles. The summed E-state index contributed by atoms with van der Waals surface area (Å²) in [5, 5.41) is 6.00. The van der Waals surface area contributed by atoms with Gasteiger partial charge < -0.3 is 20.1 Å². The highest BCUT2D eigenvalue weighted by Crippen LogP contribution is 2.29. The van der Waals surface area contributed by atoms with Gasteiger partial charge in [-0.3, -0.25) is 9.59 Å². The quantitative estimate of drug-likeness (QED) is 0.679. The number of hydrogen-bond acceptors (Lipinski definition) is 4. The van der Waals surface area contributed by atoms with Crippen molar-refractivity contribution in [3.63, 3.8) is 0 Å². The lowest BCUT2D eigenvalue weighted by atomic mass is 9.78. The lowest BCUT2D eigenvalue weighted by Gasteiger charge is -2.34. The first-order chi connectivity index (χ1) is 13.4. The SMILES string of the molecule is COc1ccc(CCNC(=O)CCC(=O)N[C@@H]2CCC[C@H](C)[C@H]2C)cc1OC. The van der Waals surface area contributed by atoms with E-state index in [9.17, 15) is 9.59 Å². The van der Waals surface area contributed by atoms with E-state index in [0.29, 0.717) is 36.3 Å². The van der Waals surface area contributed by atoms with E-state index in [0.717, 1.165) is 18.4 Å². The zero-order chi connectivity index (χ0) is 20.5. The molecular formula is C22H34N2O4. The summed E-state index contributed by atoms with van der Waals surface area (Å²) in [7, 11) is 3.20. The van der Waals surface area contributed by atoms with Crippen LogP contribution in [-0.4, -0.2) is 38.6 Å². The third kappa shape index (κ3) is 6.43. The van der Waals surface area contributed by atoms with Crippen LogP contribution in [0.4, 0.5) is 0 Å². The highest BCUT2D eigenvalue weighted by Gasteiger charge is 2.28. The van der Waals surface area contributed by atoms with Crippen molar-refractivity contribution in [1.82, 2.24) is 10.6 Å². The van der Waals surface area contributed by atoms with Crippen LogP contribution in [0, 0.1) is 11.8 Å². The van der Waals surface area contributed by atoms with Gasteiger partial charge in [0.15, 0.2) is 11.5 Å². The Morgan fingerprint density at radius 2 is 1.75 bits per heavy atom. The number of amides is 2. The Labute approximate surface area is 168 Å². The number of nitrogens with one attached hydrogen (secondary N) is 2. The fourth-order valence-corrected chi connectivity index (χ4v) is 3.76. The minimum Gasteiger partial charge on any atom is -0.493 e. The number of methoxy groups -OCH3 is 2. The molecule has 2 amide bonds. The molecule has 1 aromatic carbocycles. The van der Waals surface area contributed by atoms with Crippen molar-refractivity contribution in [2.45, 2.75) is 58.4 Å². The Bertz CT molecular complexity index is 662. The van der Waals surface area contributed by atoms with Crippen LogP contribution in [0.2, 0.25) is 0 Å². The van der Waals surface area contributed by atoms with Gasteiger partial charge in [0.25, 0.3) is 0 Å². The second-order valence-electron chi connectivity index (χ2n) is 7.73. The Balaban J connectivity index is 1.68. The monoisotopic (exact) mass is 390 g/mol. The molecule has 0 aliphatic heterocycles.